The molecule has 20 heavy (non-hydrogen) atoms. The first-order chi connectivity index (χ1) is 9.35. The molecule has 1 aromatic heterocycles. The minimum Gasteiger partial charge on any atom is -0.444 e. The summed E-state index contributed by atoms with van der Waals surface area (Å²) >= 11 is 1.38. The van der Waals surface area contributed by atoms with Crippen LogP contribution in [0.5, 0.6) is 0 Å². The Morgan fingerprint density at radius 3 is 2.85 bits per heavy atom. The van der Waals surface area contributed by atoms with Gasteiger partial charge in [-0.15, -0.1) is 11.3 Å². The molecule has 1 aliphatic rings. The van der Waals surface area contributed by atoms with Crippen LogP contribution in [0.25, 0.3) is 0 Å². The Labute approximate surface area is 122 Å². The fraction of sp³-hybridized carbons (Fsp3) is 0.615. The van der Waals surface area contributed by atoms with Crippen LogP contribution in [0.3, 0.4) is 0 Å². The number of ether oxygens (including phenoxy) is 1. The summed E-state index contributed by atoms with van der Waals surface area (Å²) in [5.41, 5.74) is -0.516. The number of nitrogens with zero attached hydrogens (tertiary/aromatic N) is 2. The molecular weight excluding hydrogens is 278 g/mol. The lowest BCUT2D eigenvalue weighted by atomic mass is 10.1. The highest BCUT2D eigenvalue weighted by atomic mass is 32.1. The van der Waals surface area contributed by atoms with Gasteiger partial charge < -0.3 is 15.0 Å². The van der Waals surface area contributed by atoms with E-state index in [-0.39, 0.29) is 17.9 Å². The summed E-state index contributed by atoms with van der Waals surface area (Å²) in [5, 5.41) is 5.15. The Bertz CT molecular complexity index is 482. The second kappa shape index (κ2) is 5.78. The lowest BCUT2D eigenvalue weighted by molar-refractivity contribution is -0.119. The fourth-order valence-electron chi connectivity index (χ4n) is 1.96. The van der Waals surface area contributed by atoms with E-state index in [1.807, 2.05) is 20.8 Å². The molecule has 0 saturated carbocycles. The van der Waals surface area contributed by atoms with Crippen LogP contribution in [0.2, 0.25) is 0 Å². The Balaban J connectivity index is 1.85. The molecule has 110 valence electrons. The highest BCUT2D eigenvalue weighted by Crippen LogP contribution is 2.21. The minimum atomic E-state index is -0.516. The summed E-state index contributed by atoms with van der Waals surface area (Å²) in [6.45, 7) is 6.42. The average molecular weight is 297 g/mol. The van der Waals surface area contributed by atoms with Gasteiger partial charge in [0.05, 0.1) is 5.92 Å². The number of carbonyl (C=O) groups excluding carboxylic acids is 2. The number of amides is 2. The van der Waals surface area contributed by atoms with Crippen molar-refractivity contribution in [1.29, 1.82) is 0 Å². The zero-order valence-electron chi connectivity index (χ0n) is 11.9. The van der Waals surface area contributed by atoms with Crippen molar-refractivity contribution < 1.29 is 14.3 Å². The van der Waals surface area contributed by atoms with Crippen molar-refractivity contribution in [3.05, 3.63) is 11.6 Å². The average Bonchev–Trinajstić information content (AvgIpc) is 2.96. The van der Waals surface area contributed by atoms with Crippen LogP contribution in [-0.2, 0) is 9.53 Å². The Hall–Kier alpha value is -1.63. The number of hydrogen-bond acceptors (Lipinski definition) is 5. The van der Waals surface area contributed by atoms with Gasteiger partial charge in [0.1, 0.15) is 5.60 Å². The maximum absolute atomic E-state index is 12.0. The van der Waals surface area contributed by atoms with E-state index >= 15 is 0 Å². The zero-order chi connectivity index (χ0) is 14.8. The smallest absolute Gasteiger partial charge is 0.410 e. The highest BCUT2D eigenvalue weighted by molar-refractivity contribution is 7.13. The van der Waals surface area contributed by atoms with E-state index in [0.29, 0.717) is 24.6 Å². The lowest BCUT2D eigenvalue weighted by Gasteiger charge is -2.24. The van der Waals surface area contributed by atoms with Crippen LogP contribution < -0.4 is 5.32 Å². The van der Waals surface area contributed by atoms with Crippen LogP contribution in [-0.4, -0.2) is 40.6 Å². The van der Waals surface area contributed by atoms with Crippen LogP contribution >= 0.6 is 11.3 Å². The largest absolute Gasteiger partial charge is 0.444 e. The maximum Gasteiger partial charge on any atom is 0.410 e. The van der Waals surface area contributed by atoms with Crippen molar-refractivity contribution >= 4 is 28.5 Å². The van der Waals surface area contributed by atoms with Crippen molar-refractivity contribution in [2.75, 3.05) is 18.4 Å². The van der Waals surface area contributed by atoms with E-state index in [1.165, 1.54) is 11.3 Å². The number of carbonyl (C=O) groups is 2. The van der Waals surface area contributed by atoms with E-state index in [1.54, 1.807) is 16.5 Å². The molecule has 0 aromatic carbocycles. The normalized spacial score (nSPS) is 18.9. The summed E-state index contributed by atoms with van der Waals surface area (Å²) in [5.74, 6) is -0.294. The molecule has 1 saturated heterocycles. The molecule has 2 heterocycles. The molecule has 1 aromatic rings. The Morgan fingerprint density at radius 2 is 2.25 bits per heavy atom. The first kappa shape index (κ1) is 14.8. The molecule has 7 heteroatoms. The molecule has 0 unspecified atom stereocenters. The number of likely N-dealkylation sites (tertiary alicyclic amines) is 1. The van der Waals surface area contributed by atoms with E-state index in [2.05, 4.69) is 10.3 Å². The van der Waals surface area contributed by atoms with Gasteiger partial charge in [0.15, 0.2) is 5.13 Å². The number of rotatable bonds is 2. The van der Waals surface area contributed by atoms with Gasteiger partial charge >= 0.3 is 6.09 Å². The quantitative estimate of drug-likeness (QED) is 0.909. The van der Waals surface area contributed by atoms with Crippen LogP contribution in [0.15, 0.2) is 11.6 Å². The maximum atomic E-state index is 12.0. The Kier molecular flexibility index (Phi) is 4.27. The lowest BCUT2D eigenvalue weighted by Crippen LogP contribution is -2.36. The van der Waals surface area contributed by atoms with E-state index in [0.717, 1.165) is 0 Å². The number of hydrogen-bond donors (Lipinski definition) is 1. The minimum absolute atomic E-state index is 0.0917. The standard InChI is InChI=1S/C13H19N3O3S/c1-13(2,3)19-12(18)16-6-4-9(8-16)10(17)15-11-14-5-7-20-11/h5,7,9H,4,6,8H2,1-3H3,(H,14,15,17)/t9-/m0/s1. The molecule has 0 aliphatic carbocycles. The molecule has 2 rings (SSSR count). The first-order valence-corrected chi connectivity index (χ1v) is 7.41. The summed E-state index contributed by atoms with van der Waals surface area (Å²) in [6.07, 6.45) is 1.93. The molecule has 1 aliphatic heterocycles. The van der Waals surface area contributed by atoms with Gasteiger partial charge in [-0.1, -0.05) is 0 Å². The van der Waals surface area contributed by atoms with E-state index in [4.69, 9.17) is 4.74 Å². The first-order valence-electron chi connectivity index (χ1n) is 6.53. The molecular formula is C13H19N3O3S. The van der Waals surface area contributed by atoms with Crippen molar-refractivity contribution in [3.8, 4) is 0 Å². The van der Waals surface area contributed by atoms with Crippen LogP contribution in [0.4, 0.5) is 9.93 Å². The third-order valence-corrected chi connectivity index (χ3v) is 3.56. The van der Waals surface area contributed by atoms with Crippen molar-refractivity contribution in [1.82, 2.24) is 9.88 Å². The molecule has 1 fully saturated rings. The predicted molar refractivity (Wildman–Crippen MR) is 76.7 cm³/mol. The molecule has 1 atom stereocenters. The van der Waals surface area contributed by atoms with Gasteiger partial charge in [-0.25, -0.2) is 9.78 Å². The SMILES string of the molecule is CC(C)(C)OC(=O)N1CC[C@H](C(=O)Nc2nccs2)C1. The topological polar surface area (TPSA) is 71.5 Å². The van der Waals surface area contributed by atoms with Gasteiger partial charge in [-0.2, -0.15) is 0 Å². The van der Waals surface area contributed by atoms with Crippen LogP contribution in [0, 0.1) is 5.92 Å². The van der Waals surface area contributed by atoms with E-state index < -0.39 is 5.60 Å². The van der Waals surface area contributed by atoms with Gasteiger partial charge in [0.25, 0.3) is 0 Å². The molecule has 0 bridgehead atoms. The fourth-order valence-corrected chi connectivity index (χ4v) is 2.49. The molecule has 0 spiro atoms. The highest BCUT2D eigenvalue weighted by Gasteiger charge is 2.33. The molecule has 2 amide bonds. The van der Waals surface area contributed by atoms with Crippen molar-refractivity contribution in [3.63, 3.8) is 0 Å². The number of anilines is 1. The summed E-state index contributed by atoms with van der Waals surface area (Å²) in [6, 6.07) is 0. The summed E-state index contributed by atoms with van der Waals surface area (Å²) in [7, 11) is 0. The third-order valence-electron chi connectivity index (χ3n) is 2.87. The number of thiazole rings is 1. The predicted octanol–water partition coefficient (Wildman–Crippen LogP) is 2.34. The number of aromatic nitrogens is 1. The molecule has 1 N–H and O–H groups in total. The van der Waals surface area contributed by atoms with Gasteiger partial charge in [0, 0.05) is 24.7 Å². The van der Waals surface area contributed by atoms with Crippen molar-refractivity contribution in [2.24, 2.45) is 5.92 Å². The Morgan fingerprint density at radius 1 is 1.50 bits per heavy atom. The van der Waals surface area contributed by atoms with Gasteiger partial charge in [-0.3, -0.25) is 4.79 Å². The van der Waals surface area contributed by atoms with Gasteiger partial charge in [0.2, 0.25) is 5.91 Å². The molecule has 0 radical (unpaired) electrons. The zero-order valence-corrected chi connectivity index (χ0v) is 12.7. The van der Waals surface area contributed by atoms with Crippen LogP contribution in [0.1, 0.15) is 27.2 Å². The van der Waals surface area contributed by atoms with E-state index in [9.17, 15) is 9.59 Å². The summed E-state index contributed by atoms with van der Waals surface area (Å²) in [4.78, 5) is 29.5. The van der Waals surface area contributed by atoms with Crippen molar-refractivity contribution in [2.45, 2.75) is 32.8 Å². The second-order valence-corrected chi connectivity index (χ2v) is 6.63. The second-order valence-electron chi connectivity index (χ2n) is 5.74. The monoisotopic (exact) mass is 297 g/mol. The number of nitrogens with one attached hydrogen (secondary N) is 1. The third kappa shape index (κ3) is 3.93. The van der Waals surface area contributed by atoms with Gasteiger partial charge in [-0.05, 0) is 27.2 Å². The summed E-state index contributed by atoms with van der Waals surface area (Å²) < 4.78 is 5.30. The molecule has 6 nitrogen and oxygen atoms in total.